The zero-order valence-electron chi connectivity index (χ0n) is 13.2. The molecule has 1 aromatic carbocycles. The molecule has 1 N–H and O–H groups in total. The van der Waals surface area contributed by atoms with E-state index in [1.165, 1.54) is 0 Å². The Kier molecular flexibility index (Phi) is 5.36. The number of hydrogen-bond acceptors (Lipinski definition) is 6. The van der Waals surface area contributed by atoms with Gasteiger partial charge < -0.3 is 0 Å². The Morgan fingerprint density at radius 1 is 1.07 bits per heavy atom. The Balaban J connectivity index is 1.72. The standard InChI is InChI=1S/C15H10ClF3N4O2S2/c16-10-3-1-9(2-4-10)7-13-21-22-14(26-13)23-27(24,25)11-5-6-12(20-8-11)15(17,18)19/h1-6,8H,7H2,(H,22,23). The number of pyridine rings is 1. The number of sulfonamides is 1. The summed E-state index contributed by atoms with van der Waals surface area (Å²) in [5.74, 6) is 0. The third kappa shape index (κ3) is 4.93. The summed E-state index contributed by atoms with van der Waals surface area (Å²) >= 11 is 6.83. The summed E-state index contributed by atoms with van der Waals surface area (Å²) in [5, 5.41) is 8.80. The summed E-state index contributed by atoms with van der Waals surface area (Å²) in [6, 6.07) is 8.48. The minimum atomic E-state index is -4.65. The number of nitrogens with zero attached hydrogens (tertiary/aromatic N) is 3. The molecule has 0 atom stereocenters. The third-order valence-electron chi connectivity index (χ3n) is 3.29. The molecule has 0 aliphatic rings. The molecule has 6 nitrogen and oxygen atoms in total. The van der Waals surface area contributed by atoms with Gasteiger partial charge in [0, 0.05) is 17.6 Å². The van der Waals surface area contributed by atoms with Gasteiger partial charge >= 0.3 is 6.18 Å². The van der Waals surface area contributed by atoms with Crippen molar-refractivity contribution < 1.29 is 21.6 Å². The van der Waals surface area contributed by atoms with E-state index < -0.39 is 26.8 Å². The summed E-state index contributed by atoms with van der Waals surface area (Å²) in [4.78, 5) is 2.73. The number of aromatic nitrogens is 3. The van der Waals surface area contributed by atoms with Crippen LogP contribution in [-0.2, 0) is 22.6 Å². The third-order valence-corrected chi connectivity index (χ3v) is 5.84. The summed E-state index contributed by atoms with van der Waals surface area (Å²) in [6.07, 6.45) is -3.58. The van der Waals surface area contributed by atoms with Gasteiger partial charge in [-0.1, -0.05) is 35.1 Å². The van der Waals surface area contributed by atoms with Crippen LogP contribution in [0.25, 0.3) is 0 Å². The van der Waals surface area contributed by atoms with Gasteiger partial charge in [0.2, 0.25) is 5.13 Å². The monoisotopic (exact) mass is 434 g/mol. The molecular formula is C15H10ClF3N4O2S2. The largest absolute Gasteiger partial charge is 0.433 e. The van der Waals surface area contributed by atoms with Gasteiger partial charge in [-0.25, -0.2) is 8.42 Å². The van der Waals surface area contributed by atoms with Crippen LogP contribution in [0.3, 0.4) is 0 Å². The van der Waals surface area contributed by atoms with Crippen molar-refractivity contribution in [1.29, 1.82) is 0 Å². The second-order valence-corrected chi connectivity index (χ2v) is 8.47. The number of rotatable bonds is 5. The average molecular weight is 435 g/mol. The van der Waals surface area contributed by atoms with Gasteiger partial charge in [-0.3, -0.25) is 9.71 Å². The van der Waals surface area contributed by atoms with Crippen molar-refractivity contribution >= 4 is 38.1 Å². The fourth-order valence-corrected chi connectivity index (χ4v) is 4.10. The number of halogens is 4. The highest BCUT2D eigenvalue weighted by molar-refractivity contribution is 7.93. The summed E-state index contributed by atoms with van der Waals surface area (Å²) in [6.45, 7) is 0. The number of hydrogen-bond donors (Lipinski definition) is 1. The first-order valence-corrected chi connectivity index (χ1v) is 9.94. The molecule has 0 unspecified atom stereocenters. The molecule has 0 radical (unpaired) electrons. The van der Waals surface area contributed by atoms with Crippen LogP contribution >= 0.6 is 22.9 Å². The van der Waals surface area contributed by atoms with Crippen LogP contribution in [0.4, 0.5) is 18.3 Å². The highest BCUT2D eigenvalue weighted by Crippen LogP contribution is 2.28. The Labute approximate surface area is 161 Å². The fourth-order valence-electron chi connectivity index (χ4n) is 2.02. The number of alkyl halides is 3. The first-order valence-electron chi connectivity index (χ1n) is 7.26. The van der Waals surface area contributed by atoms with Crippen LogP contribution in [0.5, 0.6) is 0 Å². The molecule has 12 heteroatoms. The van der Waals surface area contributed by atoms with Crippen molar-refractivity contribution in [2.45, 2.75) is 17.5 Å². The molecule has 0 amide bonds. The maximum Gasteiger partial charge on any atom is 0.433 e. The van der Waals surface area contributed by atoms with E-state index >= 15 is 0 Å². The number of nitrogens with one attached hydrogen (secondary N) is 1. The zero-order chi connectivity index (χ0) is 19.7. The highest BCUT2D eigenvalue weighted by Gasteiger charge is 2.32. The lowest BCUT2D eigenvalue weighted by atomic mass is 10.2. The van der Waals surface area contributed by atoms with Crippen LogP contribution in [0.1, 0.15) is 16.3 Å². The van der Waals surface area contributed by atoms with Crippen molar-refractivity contribution in [3.8, 4) is 0 Å². The second kappa shape index (κ2) is 7.41. The normalized spacial score (nSPS) is 12.1. The van der Waals surface area contributed by atoms with Crippen LogP contribution in [0, 0.1) is 0 Å². The van der Waals surface area contributed by atoms with E-state index in [0.717, 1.165) is 23.0 Å². The van der Waals surface area contributed by atoms with Gasteiger partial charge in [0.25, 0.3) is 10.0 Å². The van der Waals surface area contributed by atoms with E-state index in [1.807, 2.05) is 0 Å². The highest BCUT2D eigenvalue weighted by atomic mass is 35.5. The molecule has 0 spiro atoms. The molecule has 2 aromatic heterocycles. The quantitative estimate of drug-likeness (QED) is 0.656. The average Bonchev–Trinajstić information content (AvgIpc) is 3.02. The molecule has 27 heavy (non-hydrogen) atoms. The van der Waals surface area contributed by atoms with Crippen molar-refractivity contribution in [3.63, 3.8) is 0 Å². The maximum atomic E-state index is 12.5. The predicted octanol–water partition coefficient (Wildman–Crippen LogP) is 4.00. The molecule has 3 aromatic rings. The fraction of sp³-hybridized carbons (Fsp3) is 0.133. The number of benzene rings is 1. The van der Waals surface area contributed by atoms with E-state index in [4.69, 9.17) is 11.6 Å². The topological polar surface area (TPSA) is 84.8 Å². The molecule has 0 fully saturated rings. The van der Waals surface area contributed by atoms with Gasteiger partial charge in [0.05, 0.1) is 0 Å². The molecule has 3 rings (SSSR count). The van der Waals surface area contributed by atoms with E-state index in [-0.39, 0.29) is 5.13 Å². The lowest BCUT2D eigenvalue weighted by Crippen LogP contribution is -2.14. The first-order chi connectivity index (χ1) is 12.6. The van der Waals surface area contributed by atoms with Gasteiger partial charge in [0.15, 0.2) is 0 Å². The Hall–Kier alpha value is -2.24. The van der Waals surface area contributed by atoms with Crippen LogP contribution in [0.15, 0.2) is 47.5 Å². The van der Waals surface area contributed by atoms with Gasteiger partial charge in [-0.15, -0.1) is 10.2 Å². The smallest absolute Gasteiger partial charge is 0.253 e. The Bertz CT molecular complexity index is 1040. The number of anilines is 1. The Morgan fingerprint density at radius 3 is 2.37 bits per heavy atom. The SMILES string of the molecule is O=S(=O)(Nc1nnc(Cc2ccc(Cl)cc2)s1)c1ccc(C(F)(F)F)nc1. The zero-order valence-corrected chi connectivity index (χ0v) is 15.6. The summed E-state index contributed by atoms with van der Waals surface area (Å²) < 4.78 is 64.2. The molecular weight excluding hydrogens is 425 g/mol. The lowest BCUT2D eigenvalue weighted by molar-refractivity contribution is -0.141. The van der Waals surface area contributed by atoms with Crippen molar-refractivity contribution in [1.82, 2.24) is 15.2 Å². The van der Waals surface area contributed by atoms with Crippen LogP contribution < -0.4 is 4.72 Å². The molecule has 0 aliphatic heterocycles. The van der Waals surface area contributed by atoms with Gasteiger partial charge in [-0.2, -0.15) is 13.2 Å². The van der Waals surface area contributed by atoms with Gasteiger partial charge in [0.1, 0.15) is 15.6 Å². The molecule has 0 aliphatic carbocycles. The maximum absolute atomic E-state index is 12.5. The molecule has 142 valence electrons. The molecule has 2 heterocycles. The first kappa shape index (κ1) is 19.5. The molecule has 0 saturated heterocycles. The van der Waals surface area contributed by atoms with E-state index in [0.29, 0.717) is 28.7 Å². The van der Waals surface area contributed by atoms with Crippen molar-refractivity contribution in [3.05, 3.63) is 63.9 Å². The summed E-state index contributed by atoms with van der Waals surface area (Å²) in [7, 11) is -4.13. The molecule has 0 bridgehead atoms. The molecule has 0 saturated carbocycles. The van der Waals surface area contributed by atoms with Gasteiger partial charge in [-0.05, 0) is 29.8 Å². The van der Waals surface area contributed by atoms with Crippen LogP contribution in [-0.4, -0.2) is 23.6 Å². The second-order valence-electron chi connectivity index (χ2n) is 5.29. The minimum Gasteiger partial charge on any atom is -0.253 e. The van der Waals surface area contributed by atoms with Crippen LogP contribution in [0.2, 0.25) is 5.02 Å². The lowest BCUT2D eigenvalue weighted by Gasteiger charge is -2.07. The van der Waals surface area contributed by atoms with E-state index in [9.17, 15) is 21.6 Å². The predicted molar refractivity (Wildman–Crippen MR) is 94.2 cm³/mol. The van der Waals surface area contributed by atoms with E-state index in [2.05, 4.69) is 19.9 Å². The van der Waals surface area contributed by atoms with Crippen molar-refractivity contribution in [2.75, 3.05) is 4.72 Å². The minimum absolute atomic E-state index is 0.00105. The van der Waals surface area contributed by atoms with Crippen molar-refractivity contribution in [2.24, 2.45) is 0 Å². The summed E-state index contributed by atoms with van der Waals surface area (Å²) in [5.41, 5.74) is -0.264. The Morgan fingerprint density at radius 2 is 1.78 bits per heavy atom. The van der Waals surface area contributed by atoms with E-state index in [1.54, 1.807) is 24.3 Å².